The van der Waals surface area contributed by atoms with Gasteiger partial charge in [0, 0.05) is 11.4 Å². The summed E-state index contributed by atoms with van der Waals surface area (Å²) in [6, 6.07) is 15.4. The van der Waals surface area contributed by atoms with E-state index >= 15 is 0 Å². The lowest BCUT2D eigenvalue weighted by Gasteiger charge is -2.20. The minimum absolute atomic E-state index is 0.00962. The van der Waals surface area contributed by atoms with Crippen molar-refractivity contribution < 1.29 is 4.79 Å². The largest absolute Gasteiger partial charge is 0.373 e. The number of carbonyl (C=O) groups excluding carboxylic acids is 1. The van der Waals surface area contributed by atoms with E-state index in [4.69, 9.17) is 0 Å². The molecule has 0 bridgehead atoms. The van der Waals surface area contributed by atoms with E-state index in [1.165, 1.54) is 11.1 Å². The number of nitrogens with one attached hydrogen (secondary N) is 2. The first-order valence-electron chi connectivity index (χ1n) is 7.30. The Morgan fingerprint density at radius 2 is 1.76 bits per heavy atom. The summed E-state index contributed by atoms with van der Waals surface area (Å²) in [4.78, 5) is 12.4. The van der Waals surface area contributed by atoms with Gasteiger partial charge < -0.3 is 10.6 Å². The van der Waals surface area contributed by atoms with E-state index in [0.29, 0.717) is 0 Å². The van der Waals surface area contributed by atoms with Crippen molar-refractivity contribution >= 4 is 17.3 Å². The number of benzene rings is 2. The summed E-state index contributed by atoms with van der Waals surface area (Å²) in [6.07, 6.45) is 0.728. The van der Waals surface area contributed by atoms with Gasteiger partial charge in [-0.15, -0.1) is 0 Å². The predicted molar refractivity (Wildman–Crippen MR) is 88.7 cm³/mol. The Morgan fingerprint density at radius 1 is 1.05 bits per heavy atom. The van der Waals surface area contributed by atoms with Gasteiger partial charge in [-0.25, -0.2) is 0 Å². The molecule has 2 rings (SSSR count). The van der Waals surface area contributed by atoms with E-state index in [-0.39, 0.29) is 11.9 Å². The van der Waals surface area contributed by atoms with E-state index in [1.54, 1.807) is 0 Å². The molecule has 0 radical (unpaired) electrons. The molecule has 1 atom stereocenters. The molecule has 2 aromatic carbocycles. The van der Waals surface area contributed by atoms with Gasteiger partial charge in [0.2, 0.25) is 5.91 Å². The van der Waals surface area contributed by atoms with Crippen molar-refractivity contribution in [3.8, 4) is 0 Å². The summed E-state index contributed by atoms with van der Waals surface area (Å²) < 4.78 is 0. The third kappa shape index (κ3) is 3.85. The standard InChI is InChI=1S/C18H22N2O/c1-4-16(18(21)19-15-10-6-5-7-11-15)20-17-12-8-9-13(2)14(17)3/h5-12,16,20H,4H2,1-3H3,(H,19,21)/t16-/m0/s1. The van der Waals surface area contributed by atoms with Gasteiger partial charge in [0.25, 0.3) is 0 Å². The number of amides is 1. The van der Waals surface area contributed by atoms with Crippen molar-refractivity contribution in [2.45, 2.75) is 33.2 Å². The number of aryl methyl sites for hydroxylation is 1. The molecule has 2 aromatic rings. The lowest BCUT2D eigenvalue weighted by Crippen LogP contribution is -2.34. The van der Waals surface area contributed by atoms with Crippen LogP contribution in [-0.2, 0) is 4.79 Å². The second-order valence-corrected chi connectivity index (χ2v) is 5.21. The minimum atomic E-state index is -0.245. The third-order valence-electron chi connectivity index (χ3n) is 3.70. The van der Waals surface area contributed by atoms with Gasteiger partial charge in [0.15, 0.2) is 0 Å². The summed E-state index contributed by atoms with van der Waals surface area (Å²) in [5.74, 6) is -0.00962. The zero-order chi connectivity index (χ0) is 15.2. The highest BCUT2D eigenvalue weighted by molar-refractivity contribution is 5.96. The number of anilines is 2. The van der Waals surface area contributed by atoms with Crippen molar-refractivity contribution in [3.05, 3.63) is 59.7 Å². The highest BCUT2D eigenvalue weighted by Crippen LogP contribution is 2.20. The maximum atomic E-state index is 12.4. The highest BCUT2D eigenvalue weighted by atomic mass is 16.2. The van der Waals surface area contributed by atoms with Gasteiger partial charge in [-0.05, 0) is 49.6 Å². The van der Waals surface area contributed by atoms with Crippen molar-refractivity contribution in [1.82, 2.24) is 0 Å². The fraction of sp³-hybridized carbons (Fsp3) is 0.278. The first-order chi connectivity index (χ1) is 10.1. The highest BCUT2D eigenvalue weighted by Gasteiger charge is 2.17. The fourth-order valence-electron chi connectivity index (χ4n) is 2.20. The molecule has 0 saturated heterocycles. The maximum Gasteiger partial charge on any atom is 0.246 e. The van der Waals surface area contributed by atoms with Gasteiger partial charge >= 0.3 is 0 Å². The van der Waals surface area contributed by atoms with Crippen molar-refractivity contribution in [2.75, 3.05) is 10.6 Å². The van der Waals surface area contributed by atoms with E-state index < -0.39 is 0 Å². The predicted octanol–water partition coefficient (Wildman–Crippen LogP) is 4.13. The molecule has 110 valence electrons. The van der Waals surface area contributed by atoms with E-state index in [9.17, 15) is 4.79 Å². The van der Waals surface area contributed by atoms with Crippen LogP contribution in [0, 0.1) is 13.8 Å². The Labute approximate surface area is 126 Å². The van der Waals surface area contributed by atoms with Crippen molar-refractivity contribution in [3.63, 3.8) is 0 Å². The normalized spacial score (nSPS) is 11.8. The summed E-state index contributed by atoms with van der Waals surface area (Å²) in [5, 5.41) is 6.29. The van der Waals surface area contributed by atoms with E-state index in [2.05, 4.69) is 30.5 Å². The maximum absolute atomic E-state index is 12.4. The molecule has 0 unspecified atom stereocenters. The van der Waals surface area contributed by atoms with Crippen LogP contribution in [0.2, 0.25) is 0 Å². The molecule has 3 nitrogen and oxygen atoms in total. The molecule has 0 saturated carbocycles. The molecule has 3 heteroatoms. The summed E-state index contributed by atoms with van der Waals surface area (Å²) >= 11 is 0. The smallest absolute Gasteiger partial charge is 0.246 e. The molecule has 2 N–H and O–H groups in total. The average molecular weight is 282 g/mol. The SMILES string of the molecule is CC[C@H](Nc1cccc(C)c1C)C(=O)Nc1ccccc1. The summed E-state index contributed by atoms with van der Waals surface area (Å²) in [7, 11) is 0. The van der Waals surface area contributed by atoms with Gasteiger partial charge in [-0.3, -0.25) is 4.79 Å². The Balaban J connectivity index is 2.09. The molecule has 0 spiro atoms. The lowest BCUT2D eigenvalue weighted by atomic mass is 10.1. The van der Waals surface area contributed by atoms with E-state index in [0.717, 1.165) is 17.8 Å². The van der Waals surface area contributed by atoms with Crippen LogP contribution < -0.4 is 10.6 Å². The zero-order valence-corrected chi connectivity index (χ0v) is 12.8. The van der Waals surface area contributed by atoms with Crippen LogP contribution in [0.1, 0.15) is 24.5 Å². The number of rotatable bonds is 5. The van der Waals surface area contributed by atoms with Gasteiger partial charge in [-0.1, -0.05) is 37.3 Å². The molecule has 0 heterocycles. The average Bonchev–Trinajstić information content (AvgIpc) is 2.49. The Bertz CT molecular complexity index is 608. The first kappa shape index (κ1) is 15.1. The van der Waals surface area contributed by atoms with E-state index in [1.807, 2.05) is 49.4 Å². The fourth-order valence-corrected chi connectivity index (χ4v) is 2.20. The number of hydrogen-bond donors (Lipinski definition) is 2. The summed E-state index contributed by atoms with van der Waals surface area (Å²) in [5.41, 5.74) is 4.25. The molecule has 1 amide bonds. The summed E-state index contributed by atoms with van der Waals surface area (Å²) in [6.45, 7) is 6.15. The molecular formula is C18H22N2O. The molecule has 0 aliphatic rings. The molecular weight excluding hydrogens is 260 g/mol. The minimum Gasteiger partial charge on any atom is -0.373 e. The molecule has 0 fully saturated rings. The zero-order valence-electron chi connectivity index (χ0n) is 12.8. The van der Waals surface area contributed by atoms with Gasteiger partial charge in [-0.2, -0.15) is 0 Å². The monoisotopic (exact) mass is 282 g/mol. The second-order valence-electron chi connectivity index (χ2n) is 5.21. The van der Waals surface area contributed by atoms with Crippen LogP contribution >= 0.6 is 0 Å². The van der Waals surface area contributed by atoms with Crippen molar-refractivity contribution in [2.24, 2.45) is 0 Å². The lowest BCUT2D eigenvalue weighted by molar-refractivity contribution is -0.116. The molecule has 0 aliphatic heterocycles. The van der Waals surface area contributed by atoms with Crippen LogP contribution in [0.25, 0.3) is 0 Å². The van der Waals surface area contributed by atoms with Gasteiger partial charge in [0.1, 0.15) is 6.04 Å². The number of para-hydroxylation sites is 1. The second kappa shape index (κ2) is 6.93. The molecule has 0 aromatic heterocycles. The van der Waals surface area contributed by atoms with Crippen LogP contribution in [0.4, 0.5) is 11.4 Å². The van der Waals surface area contributed by atoms with Crippen LogP contribution in [-0.4, -0.2) is 11.9 Å². The Kier molecular flexibility index (Phi) is 4.99. The molecule has 0 aliphatic carbocycles. The van der Waals surface area contributed by atoms with Crippen molar-refractivity contribution in [1.29, 1.82) is 0 Å². The number of hydrogen-bond acceptors (Lipinski definition) is 2. The van der Waals surface area contributed by atoms with Gasteiger partial charge in [0.05, 0.1) is 0 Å². The number of carbonyl (C=O) groups is 1. The Morgan fingerprint density at radius 3 is 2.43 bits per heavy atom. The van der Waals surface area contributed by atoms with Crippen LogP contribution in [0.15, 0.2) is 48.5 Å². The first-order valence-corrected chi connectivity index (χ1v) is 7.30. The van der Waals surface area contributed by atoms with Crippen LogP contribution in [0.3, 0.4) is 0 Å². The van der Waals surface area contributed by atoms with Crippen LogP contribution in [0.5, 0.6) is 0 Å². The topological polar surface area (TPSA) is 41.1 Å². The third-order valence-corrected chi connectivity index (χ3v) is 3.70. The quantitative estimate of drug-likeness (QED) is 0.865. The Hall–Kier alpha value is -2.29. The molecule has 21 heavy (non-hydrogen) atoms.